The predicted molar refractivity (Wildman–Crippen MR) is 56.5 cm³/mol. The Balaban J connectivity index is 2.51. The second-order valence-corrected chi connectivity index (χ2v) is 4.56. The van der Waals surface area contributed by atoms with Crippen LogP contribution in [0.25, 0.3) is 10.6 Å². The third kappa shape index (κ3) is 1.53. The van der Waals surface area contributed by atoms with Gasteiger partial charge in [-0.3, -0.25) is 4.79 Å². The van der Waals surface area contributed by atoms with Gasteiger partial charge in [0.25, 0.3) is 5.91 Å². The maximum Gasteiger partial charge on any atom is 0.268 e. The van der Waals surface area contributed by atoms with E-state index in [-0.39, 0.29) is 0 Å². The fourth-order valence-corrected chi connectivity index (χ4v) is 2.50. The smallest absolute Gasteiger partial charge is 0.268 e. The van der Waals surface area contributed by atoms with Gasteiger partial charge in [0, 0.05) is 5.38 Å². The lowest BCUT2D eigenvalue weighted by Gasteiger charge is -1.92. The number of aryl methyl sites for hydroxylation is 1. The molecule has 0 aliphatic heterocycles. The zero-order valence-electron chi connectivity index (χ0n) is 7.35. The molecule has 0 aliphatic carbocycles. The number of amides is 1. The van der Waals surface area contributed by atoms with Crippen molar-refractivity contribution in [3.05, 3.63) is 21.6 Å². The largest absolute Gasteiger partial charge is 0.364 e. The molecule has 0 spiro atoms. The van der Waals surface area contributed by atoms with Crippen LogP contribution < -0.4 is 5.73 Å². The van der Waals surface area contributed by atoms with E-state index < -0.39 is 5.91 Å². The van der Waals surface area contributed by atoms with Crippen LogP contribution in [-0.2, 0) is 0 Å². The van der Waals surface area contributed by atoms with Crippen molar-refractivity contribution in [3.63, 3.8) is 0 Å². The maximum absolute atomic E-state index is 11.0. The van der Waals surface area contributed by atoms with Crippen molar-refractivity contribution < 1.29 is 4.79 Å². The lowest BCUT2D eigenvalue weighted by Crippen LogP contribution is -2.12. The summed E-state index contributed by atoms with van der Waals surface area (Å²) in [5.41, 5.74) is 7.87. The summed E-state index contributed by atoms with van der Waals surface area (Å²) in [7, 11) is 0. The van der Waals surface area contributed by atoms with Crippen LogP contribution in [-0.4, -0.2) is 15.9 Å². The second-order valence-electron chi connectivity index (χ2n) is 2.65. The summed E-state index contributed by atoms with van der Waals surface area (Å²) in [6.45, 7) is 1.92. The Bertz CT molecular complexity index is 474. The first-order chi connectivity index (χ1) is 6.68. The Labute approximate surface area is 88.4 Å². The zero-order chi connectivity index (χ0) is 10.1. The Kier molecular flexibility index (Phi) is 2.30. The van der Waals surface area contributed by atoms with E-state index in [0.717, 1.165) is 15.6 Å². The van der Waals surface area contributed by atoms with Crippen LogP contribution in [0.3, 0.4) is 0 Å². The summed E-state index contributed by atoms with van der Waals surface area (Å²) in [6, 6.07) is 0. The van der Waals surface area contributed by atoms with Gasteiger partial charge in [-0.25, -0.2) is 9.97 Å². The van der Waals surface area contributed by atoms with Gasteiger partial charge < -0.3 is 5.73 Å². The number of carbonyl (C=O) groups excluding carboxylic acids is 1. The van der Waals surface area contributed by atoms with E-state index in [4.69, 9.17) is 5.73 Å². The molecule has 2 heterocycles. The highest BCUT2D eigenvalue weighted by molar-refractivity contribution is 7.14. The summed E-state index contributed by atoms with van der Waals surface area (Å²) in [4.78, 5) is 19.9. The molecule has 0 unspecified atom stereocenters. The van der Waals surface area contributed by atoms with Crippen molar-refractivity contribution in [2.45, 2.75) is 6.92 Å². The van der Waals surface area contributed by atoms with E-state index in [2.05, 4.69) is 9.97 Å². The van der Waals surface area contributed by atoms with Crippen LogP contribution in [0.5, 0.6) is 0 Å². The molecular formula is C8H7N3OS2. The number of hydrogen-bond acceptors (Lipinski definition) is 5. The molecule has 0 bridgehead atoms. The van der Waals surface area contributed by atoms with Crippen molar-refractivity contribution in [2.75, 3.05) is 0 Å². The topological polar surface area (TPSA) is 68.9 Å². The third-order valence-electron chi connectivity index (χ3n) is 1.65. The van der Waals surface area contributed by atoms with Crippen LogP contribution in [0.15, 0.2) is 10.9 Å². The monoisotopic (exact) mass is 225 g/mol. The molecule has 0 saturated carbocycles. The standard InChI is InChI=1S/C8H7N3OS2/c1-4-11-5(2-13-4)7-6(8(9)12)10-3-14-7/h2-3H,1H3,(H2,9,12). The van der Waals surface area contributed by atoms with E-state index in [1.165, 1.54) is 22.7 Å². The Morgan fingerprint density at radius 2 is 2.29 bits per heavy atom. The third-order valence-corrected chi connectivity index (χ3v) is 3.27. The number of aromatic nitrogens is 2. The number of thiazole rings is 2. The van der Waals surface area contributed by atoms with Crippen molar-refractivity contribution >= 4 is 28.6 Å². The van der Waals surface area contributed by atoms with Gasteiger partial charge in [-0.15, -0.1) is 22.7 Å². The molecule has 0 aliphatic rings. The van der Waals surface area contributed by atoms with E-state index in [0.29, 0.717) is 5.69 Å². The molecule has 0 saturated heterocycles. The molecular weight excluding hydrogens is 218 g/mol. The average Bonchev–Trinajstić information content (AvgIpc) is 2.70. The van der Waals surface area contributed by atoms with Crippen LogP contribution in [0.2, 0.25) is 0 Å². The van der Waals surface area contributed by atoms with E-state index in [1.54, 1.807) is 5.51 Å². The molecule has 1 amide bonds. The van der Waals surface area contributed by atoms with Crippen molar-refractivity contribution in [1.82, 2.24) is 9.97 Å². The first-order valence-corrected chi connectivity index (χ1v) is 5.60. The van der Waals surface area contributed by atoms with Crippen molar-refractivity contribution in [2.24, 2.45) is 5.73 Å². The average molecular weight is 225 g/mol. The van der Waals surface area contributed by atoms with Gasteiger partial charge in [-0.1, -0.05) is 0 Å². The van der Waals surface area contributed by atoms with E-state index in [1.807, 2.05) is 12.3 Å². The molecule has 0 fully saturated rings. The van der Waals surface area contributed by atoms with Gasteiger partial charge in [-0.2, -0.15) is 0 Å². The van der Waals surface area contributed by atoms with Crippen molar-refractivity contribution in [3.8, 4) is 10.6 Å². The Morgan fingerprint density at radius 1 is 1.50 bits per heavy atom. The van der Waals surface area contributed by atoms with Crippen LogP contribution in [0.1, 0.15) is 15.5 Å². The summed E-state index contributed by atoms with van der Waals surface area (Å²) < 4.78 is 0. The van der Waals surface area contributed by atoms with Gasteiger partial charge in [0.05, 0.1) is 21.1 Å². The minimum Gasteiger partial charge on any atom is -0.364 e. The fraction of sp³-hybridized carbons (Fsp3) is 0.125. The highest BCUT2D eigenvalue weighted by Crippen LogP contribution is 2.28. The fourth-order valence-electron chi connectivity index (χ4n) is 1.07. The molecule has 6 heteroatoms. The van der Waals surface area contributed by atoms with Crippen LogP contribution >= 0.6 is 22.7 Å². The predicted octanol–water partition coefficient (Wildman–Crippen LogP) is 1.67. The molecule has 72 valence electrons. The summed E-state index contributed by atoms with van der Waals surface area (Å²) in [6.07, 6.45) is 0. The zero-order valence-corrected chi connectivity index (χ0v) is 8.98. The Morgan fingerprint density at radius 3 is 2.86 bits per heavy atom. The first-order valence-electron chi connectivity index (χ1n) is 3.84. The summed E-state index contributed by atoms with van der Waals surface area (Å²) >= 11 is 2.92. The lowest BCUT2D eigenvalue weighted by atomic mass is 10.3. The number of primary amides is 1. The van der Waals surface area contributed by atoms with Gasteiger partial charge in [0.1, 0.15) is 5.69 Å². The number of carbonyl (C=O) groups is 1. The Hall–Kier alpha value is -1.27. The number of nitrogens with zero attached hydrogens (tertiary/aromatic N) is 2. The molecule has 0 radical (unpaired) electrons. The summed E-state index contributed by atoms with van der Waals surface area (Å²) in [5, 5.41) is 2.86. The van der Waals surface area contributed by atoms with Gasteiger partial charge in [-0.05, 0) is 6.92 Å². The molecule has 0 atom stereocenters. The highest BCUT2D eigenvalue weighted by Gasteiger charge is 2.15. The maximum atomic E-state index is 11.0. The van der Waals surface area contributed by atoms with Gasteiger partial charge in [0.15, 0.2) is 0 Å². The molecule has 2 N–H and O–H groups in total. The minimum atomic E-state index is -0.507. The number of nitrogens with two attached hydrogens (primary N) is 1. The SMILES string of the molecule is Cc1nc(-c2scnc2C(N)=O)cs1. The molecule has 0 aromatic carbocycles. The minimum absolute atomic E-state index is 0.306. The number of rotatable bonds is 2. The van der Waals surface area contributed by atoms with Crippen LogP contribution in [0, 0.1) is 6.92 Å². The van der Waals surface area contributed by atoms with Gasteiger partial charge in [0.2, 0.25) is 0 Å². The molecule has 2 aromatic rings. The van der Waals surface area contributed by atoms with Gasteiger partial charge >= 0.3 is 0 Å². The lowest BCUT2D eigenvalue weighted by molar-refractivity contribution is 0.0997. The molecule has 4 nitrogen and oxygen atoms in total. The second kappa shape index (κ2) is 3.47. The quantitative estimate of drug-likeness (QED) is 0.845. The highest BCUT2D eigenvalue weighted by atomic mass is 32.1. The van der Waals surface area contributed by atoms with Crippen LogP contribution in [0.4, 0.5) is 0 Å². The summed E-state index contributed by atoms with van der Waals surface area (Å²) in [5.74, 6) is -0.507. The van der Waals surface area contributed by atoms with E-state index >= 15 is 0 Å². The number of hydrogen-bond donors (Lipinski definition) is 1. The van der Waals surface area contributed by atoms with Crippen molar-refractivity contribution in [1.29, 1.82) is 0 Å². The molecule has 2 aromatic heterocycles. The first kappa shape index (κ1) is 9.29. The molecule has 2 rings (SSSR count). The molecule has 14 heavy (non-hydrogen) atoms. The normalized spacial score (nSPS) is 10.4. The van der Waals surface area contributed by atoms with E-state index in [9.17, 15) is 4.79 Å².